The van der Waals surface area contributed by atoms with E-state index >= 15 is 0 Å². The molecular weight excluding hydrogens is 264 g/mol. The van der Waals surface area contributed by atoms with Gasteiger partial charge in [-0.2, -0.15) is 5.10 Å². The monoisotopic (exact) mass is 286 g/mol. The highest BCUT2D eigenvalue weighted by Gasteiger charge is 2.26. The molecule has 4 heteroatoms. The predicted molar refractivity (Wildman–Crippen MR) is 81.9 cm³/mol. The van der Waals surface area contributed by atoms with Crippen LogP contribution in [0, 0.1) is 11.8 Å². The van der Waals surface area contributed by atoms with Crippen LogP contribution in [0.5, 0.6) is 0 Å². The largest absolute Gasteiger partial charge is 0.469 e. The average molecular weight is 286 g/mol. The van der Waals surface area contributed by atoms with E-state index in [1.54, 1.807) is 0 Å². The van der Waals surface area contributed by atoms with Crippen LogP contribution in [0.4, 0.5) is 0 Å². The Morgan fingerprint density at radius 2 is 2.10 bits per heavy atom. The number of carbonyl (C=O) groups is 1. The number of nitrogens with zero attached hydrogens (tertiary/aromatic N) is 2. The lowest BCUT2D eigenvalue weighted by molar-refractivity contribution is -0.146. The summed E-state index contributed by atoms with van der Waals surface area (Å²) in [5.74, 6) is 0.757. The number of hydrogen-bond acceptors (Lipinski definition) is 3. The Balaban J connectivity index is 1.64. The molecule has 0 radical (unpaired) electrons. The normalized spacial score (nSPS) is 22.4. The molecule has 21 heavy (non-hydrogen) atoms. The first-order valence-corrected chi connectivity index (χ1v) is 7.66. The third-order valence-corrected chi connectivity index (χ3v) is 4.72. The summed E-state index contributed by atoms with van der Waals surface area (Å²) in [6.07, 6.45) is 7.15. The van der Waals surface area contributed by atoms with Gasteiger partial charge in [0.1, 0.15) is 0 Å². The molecule has 1 fully saturated rings. The minimum atomic E-state index is -0.0373. The fourth-order valence-electron chi connectivity index (χ4n) is 3.42. The Kier molecular flexibility index (Phi) is 3.95. The molecule has 3 rings (SSSR count). The molecule has 0 spiro atoms. The maximum absolute atomic E-state index is 11.6. The molecule has 0 saturated heterocycles. The molecule has 0 bridgehead atoms. The molecule has 1 aliphatic rings. The van der Waals surface area contributed by atoms with E-state index in [0.29, 0.717) is 5.92 Å². The number of aryl methyl sites for hydroxylation is 1. The second-order valence-corrected chi connectivity index (χ2v) is 6.11. The van der Waals surface area contributed by atoms with Crippen LogP contribution in [-0.2, 0) is 23.0 Å². The molecule has 1 saturated carbocycles. The first-order valence-electron chi connectivity index (χ1n) is 7.66. The average Bonchev–Trinajstić information content (AvgIpc) is 2.88. The van der Waals surface area contributed by atoms with Crippen molar-refractivity contribution in [1.82, 2.24) is 9.78 Å². The summed E-state index contributed by atoms with van der Waals surface area (Å²) < 4.78 is 6.77. The Morgan fingerprint density at radius 1 is 1.33 bits per heavy atom. The van der Waals surface area contributed by atoms with Crippen molar-refractivity contribution in [3.8, 4) is 0 Å². The lowest BCUT2D eigenvalue weighted by Gasteiger charge is -2.26. The Labute approximate surface area is 125 Å². The number of aromatic nitrogens is 2. The number of benzene rings is 1. The number of rotatable bonds is 3. The molecule has 4 nitrogen and oxygen atoms in total. The third-order valence-electron chi connectivity index (χ3n) is 4.72. The van der Waals surface area contributed by atoms with Crippen LogP contribution in [0.2, 0.25) is 0 Å². The summed E-state index contributed by atoms with van der Waals surface area (Å²) in [6.45, 7) is 0. The first-order chi connectivity index (χ1) is 10.2. The molecule has 1 aromatic heterocycles. The maximum Gasteiger partial charge on any atom is 0.308 e. The summed E-state index contributed by atoms with van der Waals surface area (Å²) in [4.78, 5) is 11.6. The van der Waals surface area contributed by atoms with Gasteiger partial charge >= 0.3 is 5.97 Å². The molecular formula is C17H22N2O2. The van der Waals surface area contributed by atoms with E-state index in [-0.39, 0.29) is 11.9 Å². The van der Waals surface area contributed by atoms with Crippen LogP contribution in [0.25, 0.3) is 10.9 Å². The number of esters is 1. The lowest BCUT2D eigenvalue weighted by Crippen LogP contribution is -2.23. The SMILES string of the molecule is COC(=O)[C@H]1CC[C@H](Cc2ccc3cnn(C)c3c2)CC1. The zero-order valence-electron chi connectivity index (χ0n) is 12.7. The van der Waals surface area contributed by atoms with Gasteiger partial charge in [0.15, 0.2) is 0 Å². The summed E-state index contributed by atoms with van der Waals surface area (Å²) in [7, 11) is 3.46. The maximum atomic E-state index is 11.6. The fraction of sp³-hybridized carbons (Fsp3) is 0.529. The number of methoxy groups -OCH3 is 1. The van der Waals surface area contributed by atoms with Crippen LogP contribution in [0.1, 0.15) is 31.2 Å². The Bertz CT molecular complexity index is 639. The smallest absolute Gasteiger partial charge is 0.308 e. The minimum Gasteiger partial charge on any atom is -0.469 e. The van der Waals surface area contributed by atoms with Gasteiger partial charge in [0, 0.05) is 12.4 Å². The van der Waals surface area contributed by atoms with Gasteiger partial charge in [-0.05, 0) is 49.7 Å². The molecule has 2 aromatic rings. The van der Waals surface area contributed by atoms with Crippen molar-refractivity contribution in [3.63, 3.8) is 0 Å². The molecule has 0 aliphatic heterocycles. The second kappa shape index (κ2) is 5.88. The van der Waals surface area contributed by atoms with Gasteiger partial charge in [-0.25, -0.2) is 0 Å². The molecule has 1 aromatic carbocycles. The van der Waals surface area contributed by atoms with E-state index in [2.05, 4.69) is 23.3 Å². The van der Waals surface area contributed by atoms with Crippen molar-refractivity contribution in [2.75, 3.05) is 7.11 Å². The van der Waals surface area contributed by atoms with Gasteiger partial charge < -0.3 is 4.74 Å². The highest BCUT2D eigenvalue weighted by atomic mass is 16.5. The van der Waals surface area contributed by atoms with Crippen LogP contribution < -0.4 is 0 Å². The summed E-state index contributed by atoms with van der Waals surface area (Å²) in [6, 6.07) is 6.60. The number of ether oxygens (including phenoxy) is 1. The van der Waals surface area contributed by atoms with Gasteiger partial charge in [-0.1, -0.05) is 12.1 Å². The van der Waals surface area contributed by atoms with Crippen molar-refractivity contribution >= 4 is 16.9 Å². The van der Waals surface area contributed by atoms with Crippen molar-refractivity contribution in [2.45, 2.75) is 32.1 Å². The van der Waals surface area contributed by atoms with Gasteiger partial charge in [-0.3, -0.25) is 9.48 Å². The van der Waals surface area contributed by atoms with Crippen molar-refractivity contribution in [1.29, 1.82) is 0 Å². The van der Waals surface area contributed by atoms with Crippen LogP contribution in [0.3, 0.4) is 0 Å². The van der Waals surface area contributed by atoms with Gasteiger partial charge in [0.2, 0.25) is 0 Å². The summed E-state index contributed by atoms with van der Waals surface area (Å²) in [5.41, 5.74) is 2.56. The summed E-state index contributed by atoms with van der Waals surface area (Å²) >= 11 is 0. The number of hydrogen-bond donors (Lipinski definition) is 0. The van der Waals surface area contributed by atoms with Crippen LogP contribution in [0.15, 0.2) is 24.4 Å². The van der Waals surface area contributed by atoms with Crippen LogP contribution >= 0.6 is 0 Å². The second-order valence-electron chi connectivity index (χ2n) is 6.11. The van der Waals surface area contributed by atoms with Gasteiger partial charge in [0.05, 0.1) is 24.7 Å². The zero-order chi connectivity index (χ0) is 14.8. The molecule has 0 atom stereocenters. The zero-order valence-corrected chi connectivity index (χ0v) is 12.7. The number of fused-ring (bicyclic) bond motifs is 1. The van der Waals surface area contributed by atoms with E-state index in [9.17, 15) is 4.79 Å². The van der Waals surface area contributed by atoms with Crippen molar-refractivity contribution in [3.05, 3.63) is 30.0 Å². The molecule has 112 valence electrons. The quantitative estimate of drug-likeness (QED) is 0.814. The molecule has 0 unspecified atom stereocenters. The highest BCUT2D eigenvalue weighted by Crippen LogP contribution is 2.32. The van der Waals surface area contributed by atoms with E-state index < -0.39 is 0 Å². The minimum absolute atomic E-state index is 0.0373. The van der Waals surface area contributed by atoms with E-state index in [1.165, 1.54) is 23.6 Å². The molecule has 0 N–H and O–H groups in total. The number of carbonyl (C=O) groups excluding carboxylic acids is 1. The van der Waals surface area contributed by atoms with E-state index in [1.807, 2.05) is 17.9 Å². The highest BCUT2D eigenvalue weighted by molar-refractivity contribution is 5.79. The summed E-state index contributed by atoms with van der Waals surface area (Å²) in [5, 5.41) is 5.48. The van der Waals surface area contributed by atoms with Crippen molar-refractivity contribution < 1.29 is 9.53 Å². The molecule has 0 amide bonds. The van der Waals surface area contributed by atoms with Gasteiger partial charge in [0.25, 0.3) is 0 Å². The molecule has 1 aliphatic carbocycles. The third kappa shape index (κ3) is 2.94. The Morgan fingerprint density at radius 3 is 2.81 bits per heavy atom. The lowest BCUT2D eigenvalue weighted by atomic mass is 9.79. The Hall–Kier alpha value is -1.84. The molecule has 1 heterocycles. The van der Waals surface area contributed by atoms with Gasteiger partial charge in [-0.15, -0.1) is 0 Å². The first kappa shape index (κ1) is 14.1. The topological polar surface area (TPSA) is 44.1 Å². The van der Waals surface area contributed by atoms with Crippen LogP contribution in [-0.4, -0.2) is 22.9 Å². The fourth-order valence-corrected chi connectivity index (χ4v) is 3.42. The predicted octanol–water partition coefficient (Wildman–Crippen LogP) is 3.10. The standard InChI is InChI=1S/C17H22N2O2/c1-19-16-10-13(5-8-15(16)11-18-19)9-12-3-6-14(7-4-12)17(20)21-2/h5,8,10-12,14H,3-4,6-7,9H2,1-2H3/t12-,14-. The van der Waals surface area contributed by atoms with Crippen molar-refractivity contribution in [2.24, 2.45) is 18.9 Å². The van der Waals surface area contributed by atoms with E-state index in [4.69, 9.17) is 4.74 Å². The van der Waals surface area contributed by atoms with E-state index in [0.717, 1.165) is 32.1 Å².